The van der Waals surface area contributed by atoms with Crippen molar-refractivity contribution in [3.8, 4) is 22.6 Å². The molecule has 0 radical (unpaired) electrons. The number of likely N-dealkylation sites (N-methyl/N-ethyl adjacent to an activating group) is 2. The topological polar surface area (TPSA) is 329 Å². The highest BCUT2D eigenvalue weighted by atomic mass is 16.4. The number of aliphatic hydroxyl groups is 6. The lowest BCUT2D eigenvalue weighted by Gasteiger charge is -2.50. The van der Waals surface area contributed by atoms with Gasteiger partial charge in [0.25, 0.3) is 11.8 Å². The van der Waals surface area contributed by atoms with E-state index in [-0.39, 0.29) is 59.5 Å². The minimum absolute atomic E-state index is 0.0408. The summed E-state index contributed by atoms with van der Waals surface area (Å²) in [5.41, 5.74) is 8.45. The molecule has 3 aromatic carbocycles. The van der Waals surface area contributed by atoms with Crippen LogP contribution in [0.5, 0.6) is 11.5 Å². The van der Waals surface area contributed by atoms with Crippen molar-refractivity contribution >= 4 is 57.8 Å². The molecule has 2 fully saturated rings. The van der Waals surface area contributed by atoms with Crippen LogP contribution in [-0.4, -0.2) is 165 Å². The number of hydrogen-bond donors (Lipinski definition) is 10. The third-order valence-corrected chi connectivity index (χ3v) is 15.6. The van der Waals surface area contributed by atoms with Gasteiger partial charge in [-0.25, -0.2) is 0 Å². The Kier molecular flexibility index (Phi) is 12.7. The third kappa shape index (κ3) is 7.48. The molecule has 386 valence electrons. The number of Topliss-reactive ketones (excluding diaryl/α,β-unsaturated/α-hetero) is 4. The monoisotopic (exact) mass is 1000 g/mol. The van der Waals surface area contributed by atoms with E-state index in [1.54, 1.807) is 34.3 Å². The van der Waals surface area contributed by atoms with Gasteiger partial charge in [0.05, 0.1) is 23.2 Å². The van der Waals surface area contributed by atoms with Crippen LogP contribution in [0.3, 0.4) is 0 Å². The maximum atomic E-state index is 14.1. The van der Waals surface area contributed by atoms with Crippen LogP contribution in [0.15, 0.2) is 76.3 Å². The SMILES string of the molecule is CN(C)c1ccc(O)c2c1C[C@H]1C[C@H]3C(N(C)C)C(=O)C(C(N)=O)=C(O)[C@@]3(O)C(=O)C1=C2O.Cc1ccc(-c2cc(N(C)C)c3c(c2O)C(O)=C2C(=O)[C@]4(O)C(O)=C(C(N)=O)C(=O)[C@@H](N(C)C)[C@@H]4C[C@@H]2C3)cc1. The molecule has 9 rings (SSSR count). The van der Waals surface area contributed by atoms with Gasteiger partial charge in [-0.3, -0.25) is 38.6 Å². The minimum atomic E-state index is -2.67. The third-order valence-electron chi connectivity index (χ3n) is 15.6. The molecule has 0 aromatic heterocycles. The fraction of sp³-hybridized carbons (Fsp3) is 0.396. The van der Waals surface area contributed by atoms with Gasteiger partial charge >= 0.3 is 0 Å². The number of anilines is 2. The van der Waals surface area contributed by atoms with Crippen molar-refractivity contribution in [2.24, 2.45) is 35.1 Å². The molecule has 12 N–H and O–H groups in total. The smallest absolute Gasteiger partial charge is 0.255 e. The number of carbonyl (C=O) groups excluding carboxylic acids is 6. The molecular formula is C53H60N6O14. The number of nitrogens with two attached hydrogens (primary N) is 2. The average molecular weight is 1010 g/mol. The molecule has 6 aliphatic carbocycles. The molecule has 0 saturated heterocycles. The van der Waals surface area contributed by atoms with Crippen molar-refractivity contribution in [3.63, 3.8) is 0 Å². The Labute approximate surface area is 420 Å². The lowest BCUT2D eigenvalue weighted by Crippen LogP contribution is -2.65. The molecule has 6 aliphatic rings. The number of amides is 2. The number of phenols is 2. The highest BCUT2D eigenvalue weighted by molar-refractivity contribution is 6.25. The molecule has 2 saturated carbocycles. The lowest BCUT2D eigenvalue weighted by atomic mass is 9.57. The Hall–Kier alpha value is -7.52. The van der Waals surface area contributed by atoms with Crippen molar-refractivity contribution in [3.05, 3.63) is 104 Å². The molecule has 73 heavy (non-hydrogen) atoms. The van der Waals surface area contributed by atoms with Gasteiger partial charge in [-0.1, -0.05) is 29.8 Å². The average Bonchev–Trinajstić information content (AvgIpc) is 3.29. The van der Waals surface area contributed by atoms with Crippen LogP contribution in [0.2, 0.25) is 0 Å². The van der Waals surface area contributed by atoms with Crippen LogP contribution < -0.4 is 21.3 Å². The van der Waals surface area contributed by atoms with E-state index in [0.717, 1.165) is 16.9 Å². The molecule has 0 spiro atoms. The molecule has 0 aliphatic heterocycles. The first-order chi connectivity index (χ1) is 34.0. The molecule has 1 unspecified atom stereocenters. The number of aromatic hydroxyl groups is 2. The first-order valence-electron chi connectivity index (χ1n) is 23.5. The van der Waals surface area contributed by atoms with Crippen molar-refractivity contribution in [2.75, 3.05) is 66.2 Å². The van der Waals surface area contributed by atoms with Crippen LogP contribution in [0.25, 0.3) is 22.6 Å². The fourth-order valence-corrected chi connectivity index (χ4v) is 12.3. The highest BCUT2D eigenvalue weighted by Gasteiger charge is 2.66. The van der Waals surface area contributed by atoms with Crippen molar-refractivity contribution in [2.45, 2.75) is 55.9 Å². The first-order valence-corrected chi connectivity index (χ1v) is 23.5. The molecule has 2 amide bonds. The van der Waals surface area contributed by atoms with Crippen LogP contribution in [0.1, 0.15) is 40.7 Å². The second kappa shape index (κ2) is 17.9. The van der Waals surface area contributed by atoms with Gasteiger partial charge in [0.1, 0.15) is 45.7 Å². The number of ketones is 4. The summed E-state index contributed by atoms with van der Waals surface area (Å²) in [4.78, 5) is 84.8. The molecular weight excluding hydrogens is 945 g/mol. The number of primary amides is 2. The standard InChI is InChI=1S/C30H33N3O7.C23H27N3O7/c1-13-6-8-14(9-7-13)16-12-19(32(2)3)17-10-15-11-18-23(33(4)5)26(36)22(29(31)39)28(38)30(18,40)27(37)20(15)25(35)21(17)24(16)34;1-25(2)12-5-6-13(27)15-10(12)7-9-8-11-17(26(3)4)19(29)16(22(24)32)21(31)23(11,33)20(30)14(9)18(15)28/h6-9,12,15,18,23,34-35,38,40H,10-11H2,1-5H3,(H2,31,39);5-6,9,11,17,27-28,31,33H,7-8H2,1-4H3,(H2,24,32)/t15-,18-,23-,30-;9-,11-,17?,23-/m00/s1. The maximum absolute atomic E-state index is 14.1. The normalized spacial score (nSPS) is 27.4. The number of aliphatic hydroxyl groups excluding tert-OH is 4. The zero-order valence-electron chi connectivity index (χ0n) is 41.8. The van der Waals surface area contributed by atoms with Crippen LogP contribution in [0, 0.1) is 30.6 Å². The molecule has 8 atom stereocenters. The van der Waals surface area contributed by atoms with Crippen molar-refractivity contribution < 1.29 is 69.6 Å². The van der Waals surface area contributed by atoms with E-state index < -0.39 is 116 Å². The van der Waals surface area contributed by atoms with E-state index in [4.69, 9.17) is 11.5 Å². The summed E-state index contributed by atoms with van der Waals surface area (Å²) >= 11 is 0. The van der Waals surface area contributed by atoms with E-state index >= 15 is 0 Å². The largest absolute Gasteiger partial charge is 0.508 e. The second-order valence-corrected chi connectivity index (χ2v) is 20.7. The Bertz CT molecular complexity index is 3110. The summed E-state index contributed by atoms with van der Waals surface area (Å²) in [6, 6.07) is 10.2. The van der Waals surface area contributed by atoms with E-state index in [1.807, 2.05) is 75.2 Å². The fourth-order valence-electron chi connectivity index (χ4n) is 12.3. The number of aryl methyl sites for hydroxylation is 1. The van der Waals surface area contributed by atoms with Gasteiger partial charge in [0, 0.05) is 68.1 Å². The molecule has 0 heterocycles. The Balaban J connectivity index is 0.000000199. The molecule has 20 nitrogen and oxygen atoms in total. The summed E-state index contributed by atoms with van der Waals surface area (Å²) in [5, 5.41) is 89.8. The number of hydrogen-bond acceptors (Lipinski definition) is 18. The van der Waals surface area contributed by atoms with Crippen LogP contribution in [-0.2, 0) is 41.6 Å². The van der Waals surface area contributed by atoms with Gasteiger partial charge in [-0.2, -0.15) is 0 Å². The first kappa shape index (κ1) is 51.8. The van der Waals surface area contributed by atoms with Crippen LogP contribution in [0.4, 0.5) is 11.4 Å². The molecule has 20 heteroatoms. The lowest BCUT2D eigenvalue weighted by molar-refractivity contribution is -0.155. The number of fused-ring (bicyclic) bond motifs is 6. The zero-order chi connectivity index (χ0) is 54.0. The number of phenolic OH excluding ortho intramolecular Hbond substituents is 2. The predicted molar refractivity (Wildman–Crippen MR) is 267 cm³/mol. The Morgan fingerprint density at radius 1 is 0.589 bits per heavy atom. The summed E-state index contributed by atoms with van der Waals surface area (Å²) in [6.07, 6.45) is 0.591. The quantitative estimate of drug-likeness (QED) is 0.151. The molecule has 0 bridgehead atoms. The van der Waals surface area contributed by atoms with Gasteiger partial charge in [0.15, 0.2) is 22.8 Å². The Morgan fingerprint density at radius 2 is 1.00 bits per heavy atom. The summed E-state index contributed by atoms with van der Waals surface area (Å²) < 4.78 is 0. The Morgan fingerprint density at radius 3 is 1.40 bits per heavy atom. The zero-order valence-corrected chi connectivity index (χ0v) is 41.8. The summed E-state index contributed by atoms with van der Waals surface area (Å²) in [6.45, 7) is 1.94. The van der Waals surface area contributed by atoms with Gasteiger partial charge < -0.3 is 62.1 Å². The number of nitrogens with zero attached hydrogens (tertiary/aromatic N) is 4. The van der Waals surface area contributed by atoms with Gasteiger partial charge in [0.2, 0.25) is 11.6 Å². The number of carbonyl (C=O) groups is 6. The minimum Gasteiger partial charge on any atom is -0.508 e. The summed E-state index contributed by atoms with van der Waals surface area (Å²) in [5.74, 6) is -13.2. The van der Waals surface area contributed by atoms with E-state index in [2.05, 4.69) is 0 Å². The number of rotatable bonds is 7. The van der Waals surface area contributed by atoms with E-state index in [1.165, 1.54) is 15.9 Å². The highest BCUT2D eigenvalue weighted by Crippen LogP contribution is 2.56. The van der Waals surface area contributed by atoms with E-state index in [9.17, 15) is 69.6 Å². The van der Waals surface area contributed by atoms with Gasteiger partial charge in [-0.05, 0) is 108 Å². The van der Waals surface area contributed by atoms with Crippen LogP contribution >= 0.6 is 0 Å². The van der Waals surface area contributed by atoms with Crippen molar-refractivity contribution in [1.29, 1.82) is 0 Å². The molecule has 3 aromatic rings. The van der Waals surface area contributed by atoms with Crippen molar-refractivity contribution in [1.82, 2.24) is 9.80 Å². The maximum Gasteiger partial charge on any atom is 0.255 e. The van der Waals surface area contributed by atoms with Gasteiger partial charge in [-0.15, -0.1) is 0 Å². The second-order valence-electron chi connectivity index (χ2n) is 20.7. The number of benzene rings is 3. The van der Waals surface area contributed by atoms with E-state index in [0.29, 0.717) is 22.3 Å². The predicted octanol–water partition coefficient (Wildman–Crippen LogP) is 2.04. The summed E-state index contributed by atoms with van der Waals surface area (Å²) in [7, 11) is 13.6.